The molecule has 0 radical (unpaired) electrons. The number of piperidine rings is 1. The number of nitrogens with zero attached hydrogens (tertiary/aromatic N) is 1. The summed E-state index contributed by atoms with van der Waals surface area (Å²) < 4.78 is 4.88. The van der Waals surface area contributed by atoms with Gasteiger partial charge in [-0.15, -0.1) is 0 Å². The second-order valence-electron chi connectivity index (χ2n) is 6.25. The highest BCUT2D eigenvalue weighted by Crippen LogP contribution is 2.19. The molecular weight excluding hydrogens is 306 g/mol. The number of amides is 2. The fraction of sp³-hybridized carbons (Fsp3) is 0.556. The third-order valence-electron chi connectivity index (χ3n) is 4.26. The molecule has 1 heterocycles. The first-order valence-electron chi connectivity index (χ1n) is 8.49. The van der Waals surface area contributed by atoms with Gasteiger partial charge in [0.05, 0.1) is 13.2 Å². The summed E-state index contributed by atoms with van der Waals surface area (Å²) in [6, 6.07) is 7.33. The smallest absolute Gasteiger partial charge is 0.253 e. The van der Waals surface area contributed by atoms with Crippen LogP contribution in [0.5, 0.6) is 0 Å². The molecule has 132 valence electrons. The number of nitrogens with one attached hydrogen (secondary N) is 2. The summed E-state index contributed by atoms with van der Waals surface area (Å²) in [7, 11) is 1.59. The predicted molar refractivity (Wildman–Crippen MR) is 94.1 cm³/mol. The van der Waals surface area contributed by atoms with E-state index in [9.17, 15) is 9.59 Å². The fourth-order valence-corrected chi connectivity index (χ4v) is 2.69. The second kappa shape index (κ2) is 9.27. The topological polar surface area (TPSA) is 70.7 Å². The number of carbonyl (C=O) groups is 2. The molecule has 2 amide bonds. The number of hydrogen-bond donors (Lipinski definition) is 2. The molecule has 2 N–H and O–H groups in total. The van der Waals surface area contributed by atoms with Crippen molar-refractivity contribution < 1.29 is 14.3 Å². The van der Waals surface area contributed by atoms with Gasteiger partial charge in [-0.25, -0.2) is 0 Å². The predicted octanol–water partition coefficient (Wildman–Crippen LogP) is 1.73. The lowest BCUT2D eigenvalue weighted by Gasteiger charge is -2.30. The van der Waals surface area contributed by atoms with Crippen LogP contribution in [0.3, 0.4) is 0 Å². The molecule has 0 unspecified atom stereocenters. The molecule has 0 aromatic heterocycles. The largest absolute Gasteiger partial charge is 0.383 e. The van der Waals surface area contributed by atoms with Crippen LogP contribution in [0.15, 0.2) is 24.3 Å². The Kier molecular flexibility index (Phi) is 7.06. The Balaban J connectivity index is 1.86. The van der Waals surface area contributed by atoms with Crippen molar-refractivity contribution in [2.24, 2.45) is 5.92 Å². The van der Waals surface area contributed by atoms with Gasteiger partial charge in [0.25, 0.3) is 5.91 Å². The van der Waals surface area contributed by atoms with Gasteiger partial charge in [-0.2, -0.15) is 0 Å². The third-order valence-corrected chi connectivity index (χ3v) is 4.26. The summed E-state index contributed by atoms with van der Waals surface area (Å²) in [5, 5.41) is 5.80. The maximum Gasteiger partial charge on any atom is 0.253 e. The van der Waals surface area contributed by atoms with Crippen LogP contribution < -0.4 is 10.6 Å². The Morgan fingerprint density at radius 2 is 2.04 bits per heavy atom. The first-order chi connectivity index (χ1) is 11.6. The number of likely N-dealkylation sites (tertiary alicyclic amines) is 1. The number of carbonyl (C=O) groups excluding carboxylic acids is 2. The van der Waals surface area contributed by atoms with Gasteiger partial charge in [0.2, 0.25) is 5.91 Å². The molecule has 1 aliphatic heterocycles. The summed E-state index contributed by atoms with van der Waals surface area (Å²) in [4.78, 5) is 26.2. The van der Waals surface area contributed by atoms with Crippen LogP contribution in [-0.2, 0) is 9.53 Å². The highest BCUT2D eigenvalue weighted by Gasteiger charge is 2.21. The molecule has 0 saturated carbocycles. The van der Waals surface area contributed by atoms with E-state index in [0.717, 1.165) is 31.6 Å². The highest BCUT2D eigenvalue weighted by molar-refractivity contribution is 5.95. The number of hydrogen-bond acceptors (Lipinski definition) is 4. The Hall–Kier alpha value is -2.08. The van der Waals surface area contributed by atoms with Gasteiger partial charge < -0.3 is 20.3 Å². The zero-order chi connectivity index (χ0) is 17.4. The molecule has 1 aromatic carbocycles. The van der Waals surface area contributed by atoms with Crippen molar-refractivity contribution in [3.05, 3.63) is 29.8 Å². The molecule has 24 heavy (non-hydrogen) atoms. The summed E-state index contributed by atoms with van der Waals surface area (Å²) in [6.45, 7) is 5.01. The van der Waals surface area contributed by atoms with Crippen molar-refractivity contribution in [1.29, 1.82) is 0 Å². The SMILES string of the molecule is COCCNC(=O)CNc1cccc(C(=O)N2CCC(C)CC2)c1. The maximum absolute atomic E-state index is 12.6. The zero-order valence-corrected chi connectivity index (χ0v) is 14.5. The van der Waals surface area contributed by atoms with E-state index in [1.54, 1.807) is 7.11 Å². The quantitative estimate of drug-likeness (QED) is 0.746. The maximum atomic E-state index is 12.6. The summed E-state index contributed by atoms with van der Waals surface area (Å²) in [5.41, 5.74) is 1.43. The summed E-state index contributed by atoms with van der Waals surface area (Å²) in [5.74, 6) is 0.655. The molecule has 2 rings (SSSR count). The monoisotopic (exact) mass is 333 g/mol. The van der Waals surface area contributed by atoms with E-state index in [1.807, 2.05) is 29.2 Å². The number of benzene rings is 1. The van der Waals surface area contributed by atoms with Gasteiger partial charge in [-0.3, -0.25) is 9.59 Å². The second-order valence-corrected chi connectivity index (χ2v) is 6.25. The van der Waals surface area contributed by atoms with E-state index in [2.05, 4.69) is 17.6 Å². The average molecular weight is 333 g/mol. The minimum atomic E-state index is -0.103. The fourth-order valence-electron chi connectivity index (χ4n) is 2.69. The van der Waals surface area contributed by atoms with Gasteiger partial charge in [0, 0.05) is 38.0 Å². The minimum Gasteiger partial charge on any atom is -0.383 e. The molecular formula is C18H27N3O3. The van der Waals surface area contributed by atoms with Crippen LogP contribution in [-0.4, -0.2) is 56.6 Å². The number of ether oxygens (including phenoxy) is 1. The van der Waals surface area contributed by atoms with E-state index in [-0.39, 0.29) is 18.4 Å². The lowest BCUT2D eigenvalue weighted by molar-refractivity contribution is -0.119. The van der Waals surface area contributed by atoms with Gasteiger partial charge in [-0.05, 0) is 37.0 Å². The molecule has 1 saturated heterocycles. The Labute approximate surface area is 143 Å². The van der Waals surface area contributed by atoms with Crippen LogP contribution >= 0.6 is 0 Å². The standard InChI is InChI=1S/C18H27N3O3/c1-14-6-9-21(10-7-14)18(23)15-4-3-5-16(12-15)20-13-17(22)19-8-11-24-2/h3-5,12,14,20H,6-11,13H2,1-2H3,(H,19,22). The van der Waals surface area contributed by atoms with Crippen LogP contribution in [0.25, 0.3) is 0 Å². The van der Waals surface area contributed by atoms with E-state index < -0.39 is 0 Å². The first-order valence-corrected chi connectivity index (χ1v) is 8.49. The summed E-state index contributed by atoms with van der Waals surface area (Å²) in [6.07, 6.45) is 2.12. The van der Waals surface area contributed by atoms with Crippen molar-refractivity contribution in [3.63, 3.8) is 0 Å². The number of anilines is 1. The van der Waals surface area contributed by atoms with Crippen molar-refractivity contribution in [1.82, 2.24) is 10.2 Å². The van der Waals surface area contributed by atoms with E-state index in [0.29, 0.717) is 24.6 Å². The molecule has 0 spiro atoms. The van der Waals surface area contributed by atoms with E-state index in [4.69, 9.17) is 4.74 Å². The van der Waals surface area contributed by atoms with Gasteiger partial charge in [0.1, 0.15) is 0 Å². The molecule has 0 aliphatic carbocycles. The van der Waals surface area contributed by atoms with Crippen molar-refractivity contribution in [2.75, 3.05) is 45.2 Å². The van der Waals surface area contributed by atoms with Crippen LogP contribution in [0.2, 0.25) is 0 Å². The molecule has 6 heteroatoms. The summed E-state index contributed by atoms with van der Waals surface area (Å²) >= 11 is 0. The third kappa shape index (κ3) is 5.53. The average Bonchev–Trinajstić information content (AvgIpc) is 2.60. The van der Waals surface area contributed by atoms with Crippen LogP contribution in [0.1, 0.15) is 30.1 Å². The Bertz CT molecular complexity index is 554. The number of methoxy groups -OCH3 is 1. The first kappa shape index (κ1) is 18.3. The lowest BCUT2D eigenvalue weighted by atomic mass is 9.98. The Morgan fingerprint density at radius 3 is 2.75 bits per heavy atom. The van der Waals surface area contributed by atoms with Gasteiger partial charge >= 0.3 is 0 Å². The normalized spacial score (nSPS) is 15.2. The molecule has 1 aliphatic rings. The van der Waals surface area contributed by atoms with Crippen molar-refractivity contribution >= 4 is 17.5 Å². The van der Waals surface area contributed by atoms with E-state index >= 15 is 0 Å². The highest BCUT2D eigenvalue weighted by atomic mass is 16.5. The van der Waals surface area contributed by atoms with Crippen molar-refractivity contribution in [3.8, 4) is 0 Å². The van der Waals surface area contributed by atoms with E-state index in [1.165, 1.54) is 0 Å². The van der Waals surface area contributed by atoms with Crippen molar-refractivity contribution in [2.45, 2.75) is 19.8 Å². The minimum absolute atomic E-state index is 0.0649. The molecule has 1 aromatic rings. The van der Waals surface area contributed by atoms with Crippen LogP contribution in [0.4, 0.5) is 5.69 Å². The Morgan fingerprint density at radius 1 is 1.29 bits per heavy atom. The van der Waals surface area contributed by atoms with Crippen LogP contribution in [0, 0.1) is 5.92 Å². The molecule has 0 atom stereocenters. The van der Waals surface area contributed by atoms with Gasteiger partial charge in [-0.1, -0.05) is 13.0 Å². The van der Waals surface area contributed by atoms with Gasteiger partial charge in [0.15, 0.2) is 0 Å². The lowest BCUT2D eigenvalue weighted by Crippen LogP contribution is -2.37. The number of rotatable bonds is 7. The molecule has 1 fully saturated rings. The zero-order valence-electron chi connectivity index (χ0n) is 14.5. The molecule has 6 nitrogen and oxygen atoms in total. The molecule has 0 bridgehead atoms.